The van der Waals surface area contributed by atoms with Crippen molar-refractivity contribution in [1.29, 1.82) is 0 Å². The molecule has 0 radical (unpaired) electrons. The molecule has 0 bridgehead atoms. The fourth-order valence-corrected chi connectivity index (χ4v) is 1.81. The van der Waals surface area contributed by atoms with Gasteiger partial charge >= 0.3 is 0 Å². The number of benzene rings is 1. The van der Waals surface area contributed by atoms with Gasteiger partial charge in [0.1, 0.15) is 11.6 Å². The summed E-state index contributed by atoms with van der Waals surface area (Å²) in [7, 11) is 3.88. The highest BCUT2D eigenvalue weighted by Gasteiger charge is 2.01. The van der Waals surface area contributed by atoms with Crippen LogP contribution in [0.2, 0.25) is 5.02 Å². The number of aromatic nitrogens is 1. The second-order valence-corrected chi connectivity index (χ2v) is 4.81. The van der Waals surface area contributed by atoms with Crippen molar-refractivity contribution in [3.8, 4) is 0 Å². The number of halogens is 2. The lowest BCUT2D eigenvalue weighted by Gasteiger charge is -2.12. The summed E-state index contributed by atoms with van der Waals surface area (Å²) >= 11 is 5.73. The molecule has 5 heteroatoms. The van der Waals surface area contributed by atoms with E-state index < -0.39 is 5.82 Å². The van der Waals surface area contributed by atoms with E-state index in [4.69, 9.17) is 11.6 Å². The Morgan fingerprint density at radius 3 is 2.63 bits per heavy atom. The SMILES string of the molecule is CN(C)c1ccc(NCc2ccc(F)c(Cl)c2)cn1. The number of hydrogen-bond acceptors (Lipinski definition) is 3. The van der Waals surface area contributed by atoms with Crippen LogP contribution in [0.5, 0.6) is 0 Å². The molecule has 0 atom stereocenters. The monoisotopic (exact) mass is 279 g/mol. The maximum atomic E-state index is 13.0. The predicted molar refractivity (Wildman–Crippen MR) is 77.3 cm³/mol. The van der Waals surface area contributed by atoms with Gasteiger partial charge in [-0.15, -0.1) is 0 Å². The lowest BCUT2D eigenvalue weighted by molar-refractivity contribution is 0.627. The van der Waals surface area contributed by atoms with Crippen LogP contribution in [0.4, 0.5) is 15.9 Å². The third-order valence-corrected chi connectivity index (χ3v) is 2.98. The third-order valence-electron chi connectivity index (χ3n) is 2.69. The second kappa shape index (κ2) is 5.89. The molecule has 1 N–H and O–H groups in total. The van der Waals surface area contributed by atoms with Gasteiger partial charge in [0.2, 0.25) is 0 Å². The maximum Gasteiger partial charge on any atom is 0.141 e. The Bertz CT molecular complexity index is 555. The van der Waals surface area contributed by atoms with Gasteiger partial charge in [-0.1, -0.05) is 17.7 Å². The Kier molecular flexibility index (Phi) is 4.22. The highest BCUT2D eigenvalue weighted by molar-refractivity contribution is 6.30. The van der Waals surface area contributed by atoms with Gasteiger partial charge < -0.3 is 10.2 Å². The maximum absolute atomic E-state index is 13.0. The minimum absolute atomic E-state index is 0.139. The first-order valence-electron chi connectivity index (χ1n) is 5.87. The number of nitrogens with zero attached hydrogens (tertiary/aromatic N) is 2. The Labute approximate surface area is 117 Å². The molecule has 0 aliphatic heterocycles. The zero-order valence-corrected chi connectivity index (χ0v) is 11.6. The van der Waals surface area contributed by atoms with E-state index in [1.54, 1.807) is 18.3 Å². The van der Waals surface area contributed by atoms with Crippen molar-refractivity contribution in [2.45, 2.75) is 6.54 Å². The van der Waals surface area contributed by atoms with Crippen molar-refractivity contribution in [1.82, 2.24) is 4.98 Å². The molecule has 0 aliphatic carbocycles. The lowest BCUT2D eigenvalue weighted by Crippen LogP contribution is -2.10. The number of pyridine rings is 1. The molecule has 0 saturated heterocycles. The molecule has 0 saturated carbocycles. The molecule has 0 amide bonds. The highest BCUT2D eigenvalue weighted by Crippen LogP contribution is 2.17. The van der Waals surface area contributed by atoms with Gasteiger partial charge in [-0.3, -0.25) is 0 Å². The Morgan fingerprint density at radius 1 is 1.26 bits per heavy atom. The Hall–Kier alpha value is -1.81. The summed E-state index contributed by atoms with van der Waals surface area (Å²) in [6.45, 7) is 0.572. The molecule has 3 nitrogen and oxygen atoms in total. The van der Waals surface area contributed by atoms with Crippen LogP contribution in [-0.4, -0.2) is 19.1 Å². The summed E-state index contributed by atoms with van der Waals surface area (Å²) in [5.41, 5.74) is 1.83. The average molecular weight is 280 g/mol. The molecule has 2 aromatic rings. The summed E-state index contributed by atoms with van der Waals surface area (Å²) in [6, 6.07) is 8.57. The number of nitrogens with one attached hydrogen (secondary N) is 1. The predicted octanol–water partition coefficient (Wildman–Crippen LogP) is 3.55. The quantitative estimate of drug-likeness (QED) is 0.928. The van der Waals surface area contributed by atoms with Crippen LogP contribution in [0.1, 0.15) is 5.56 Å². The Balaban J connectivity index is 2.00. The van der Waals surface area contributed by atoms with Crippen molar-refractivity contribution in [2.75, 3.05) is 24.3 Å². The van der Waals surface area contributed by atoms with Crippen LogP contribution in [0.15, 0.2) is 36.5 Å². The van der Waals surface area contributed by atoms with Gasteiger partial charge in [0.15, 0.2) is 0 Å². The van der Waals surface area contributed by atoms with Crippen LogP contribution in [0.25, 0.3) is 0 Å². The minimum Gasteiger partial charge on any atom is -0.380 e. The summed E-state index contributed by atoms with van der Waals surface area (Å²) in [4.78, 5) is 6.23. The summed E-state index contributed by atoms with van der Waals surface area (Å²) < 4.78 is 13.0. The van der Waals surface area contributed by atoms with E-state index in [1.165, 1.54) is 6.07 Å². The molecule has 2 rings (SSSR count). The van der Waals surface area contributed by atoms with Gasteiger partial charge in [-0.05, 0) is 29.8 Å². The van der Waals surface area contributed by atoms with E-state index in [0.717, 1.165) is 17.1 Å². The number of hydrogen-bond donors (Lipinski definition) is 1. The van der Waals surface area contributed by atoms with Crippen LogP contribution in [0.3, 0.4) is 0 Å². The largest absolute Gasteiger partial charge is 0.380 e. The smallest absolute Gasteiger partial charge is 0.141 e. The van der Waals surface area contributed by atoms with Gasteiger partial charge in [-0.2, -0.15) is 0 Å². The average Bonchev–Trinajstić information content (AvgIpc) is 2.40. The molecule has 0 unspecified atom stereocenters. The van der Waals surface area contributed by atoms with Gasteiger partial charge in [0.25, 0.3) is 0 Å². The minimum atomic E-state index is -0.401. The lowest BCUT2D eigenvalue weighted by atomic mass is 10.2. The van der Waals surface area contributed by atoms with E-state index in [2.05, 4.69) is 10.3 Å². The standard InChI is InChI=1S/C14H15ClFN3/c1-19(2)14-6-4-11(9-18-14)17-8-10-3-5-13(16)12(15)7-10/h3-7,9,17H,8H2,1-2H3. The first kappa shape index (κ1) is 13.6. The fourth-order valence-electron chi connectivity index (χ4n) is 1.61. The third kappa shape index (κ3) is 3.58. The molecular formula is C14H15ClFN3. The molecule has 0 fully saturated rings. The van der Waals surface area contributed by atoms with Gasteiger partial charge in [0.05, 0.1) is 16.9 Å². The van der Waals surface area contributed by atoms with E-state index in [1.807, 2.05) is 31.1 Å². The number of rotatable bonds is 4. The van der Waals surface area contributed by atoms with E-state index in [-0.39, 0.29) is 5.02 Å². The normalized spacial score (nSPS) is 10.3. The fraction of sp³-hybridized carbons (Fsp3) is 0.214. The molecule has 1 heterocycles. The highest BCUT2D eigenvalue weighted by atomic mass is 35.5. The second-order valence-electron chi connectivity index (χ2n) is 4.40. The molecular weight excluding hydrogens is 265 g/mol. The zero-order chi connectivity index (χ0) is 13.8. The van der Waals surface area contributed by atoms with Gasteiger partial charge in [-0.25, -0.2) is 9.37 Å². The van der Waals surface area contributed by atoms with Crippen molar-refractivity contribution in [3.63, 3.8) is 0 Å². The first-order chi connectivity index (χ1) is 9.06. The van der Waals surface area contributed by atoms with Crippen LogP contribution in [0, 0.1) is 5.82 Å². The zero-order valence-electron chi connectivity index (χ0n) is 10.8. The van der Waals surface area contributed by atoms with E-state index >= 15 is 0 Å². The van der Waals surface area contributed by atoms with E-state index in [0.29, 0.717) is 6.54 Å². The van der Waals surface area contributed by atoms with Gasteiger partial charge in [0, 0.05) is 20.6 Å². The first-order valence-corrected chi connectivity index (χ1v) is 6.25. The number of anilines is 2. The molecule has 19 heavy (non-hydrogen) atoms. The van der Waals surface area contributed by atoms with Crippen LogP contribution in [-0.2, 0) is 6.54 Å². The molecule has 1 aromatic carbocycles. The summed E-state index contributed by atoms with van der Waals surface area (Å²) in [6.07, 6.45) is 1.76. The molecule has 1 aromatic heterocycles. The van der Waals surface area contributed by atoms with Crippen molar-refractivity contribution >= 4 is 23.1 Å². The van der Waals surface area contributed by atoms with Crippen molar-refractivity contribution < 1.29 is 4.39 Å². The van der Waals surface area contributed by atoms with Crippen molar-refractivity contribution in [2.24, 2.45) is 0 Å². The van der Waals surface area contributed by atoms with Crippen molar-refractivity contribution in [3.05, 3.63) is 52.9 Å². The summed E-state index contributed by atoms with van der Waals surface area (Å²) in [5.74, 6) is 0.498. The van der Waals surface area contributed by atoms with Crippen LogP contribution >= 0.6 is 11.6 Å². The topological polar surface area (TPSA) is 28.2 Å². The molecule has 0 spiro atoms. The van der Waals surface area contributed by atoms with E-state index in [9.17, 15) is 4.39 Å². The van der Waals surface area contributed by atoms with Crippen LogP contribution < -0.4 is 10.2 Å². The molecule has 0 aliphatic rings. The molecule has 100 valence electrons. The Morgan fingerprint density at radius 2 is 2.05 bits per heavy atom. The summed E-state index contributed by atoms with van der Waals surface area (Å²) in [5, 5.41) is 3.35.